The lowest BCUT2D eigenvalue weighted by molar-refractivity contribution is -0.116. The second kappa shape index (κ2) is 8.59. The smallest absolute Gasteiger partial charge is 0.237 e. The first-order valence-electron chi connectivity index (χ1n) is 9.58. The van der Waals surface area contributed by atoms with Crippen LogP contribution in [-0.4, -0.2) is 43.7 Å². The summed E-state index contributed by atoms with van der Waals surface area (Å²) in [5.74, 6) is 0.367. The molecule has 8 heteroatoms. The second-order valence-electron chi connectivity index (χ2n) is 7.18. The van der Waals surface area contributed by atoms with Crippen molar-refractivity contribution >= 4 is 35.1 Å². The minimum absolute atomic E-state index is 0.0762. The zero-order valence-electron chi connectivity index (χ0n) is 16.7. The lowest BCUT2D eigenvalue weighted by Crippen LogP contribution is -2.33. The Balaban J connectivity index is 1.52. The van der Waals surface area contributed by atoms with Crippen LogP contribution in [0.15, 0.2) is 52.5 Å². The normalized spacial score (nSPS) is 16.4. The molecular weight excluding hydrogens is 402 g/mol. The number of benzene rings is 2. The highest BCUT2D eigenvalue weighted by Gasteiger charge is 2.24. The van der Waals surface area contributed by atoms with Gasteiger partial charge in [0.25, 0.3) is 0 Å². The first-order chi connectivity index (χ1) is 14.0. The lowest BCUT2D eigenvalue weighted by Gasteiger charge is -2.22. The summed E-state index contributed by atoms with van der Waals surface area (Å²) in [6.07, 6.45) is 0.968. The van der Waals surface area contributed by atoms with Crippen LogP contribution in [-0.2, 0) is 4.79 Å². The van der Waals surface area contributed by atoms with Crippen molar-refractivity contribution in [1.82, 2.24) is 20.2 Å². The molecule has 0 radical (unpaired) electrons. The highest BCUT2D eigenvalue weighted by atomic mass is 32.2. The molecule has 1 aliphatic heterocycles. The molecule has 2 aromatic carbocycles. The van der Waals surface area contributed by atoms with Crippen molar-refractivity contribution in [1.29, 1.82) is 0 Å². The third-order valence-corrected chi connectivity index (χ3v) is 7.03. The summed E-state index contributed by atoms with van der Waals surface area (Å²) in [6.45, 7) is 7.04. The van der Waals surface area contributed by atoms with Crippen LogP contribution in [0.1, 0.15) is 24.5 Å². The molecule has 0 bridgehead atoms. The lowest BCUT2D eigenvalue weighted by atomic mass is 10.1. The van der Waals surface area contributed by atoms with Crippen molar-refractivity contribution < 1.29 is 4.79 Å². The van der Waals surface area contributed by atoms with E-state index >= 15 is 0 Å². The molecule has 0 saturated heterocycles. The van der Waals surface area contributed by atoms with Gasteiger partial charge in [-0.3, -0.25) is 4.79 Å². The Morgan fingerprint density at radius 3 is 2.86 bits per heavy atom. The minimum atomic E-state index is 0.0762. The van der Waals surface area contributed by atoms with Crippen molar-refractivity contribution in [3.63, 3.8) is 0 Å². The van der Waals surface area contributed by atoms with E-state index < -0.39 is 0 Å². The second-order valence-corrected chi connectivity index (χ2v) is 9.60. The van der Waals surface area contributed by atoms with Crippen molar-refractivity contribution in [3.05, 3.63) is 53.6 Å². The zero-order chi connectivity index (χ0) is 20.4. The van der Waals surface area contributed by atoms with Gasteiger partial charge in [0.2, 0.25) is 11.1 Å². The standard InChI is InChI=1S/C21H23N5OS2/c1-14-8-9-17(15(2)12-14)26-21(22-23-24-26)28-13-20(27)25-11-10-16(3)29-19-7-5-4-6-18(19)25/h4-9,12,16H,10-11,13H2,1-3H3/t16-/m0/s1. The number of amides is 1. The predicted molar refractivity (Wildman–Crippen MR) is 118 cm³/mol. The molecule has 1 aromatic heterocycles. The highest BCUT2D eigenvalue weighted by molar-refractivity contribution is 8.00. The number of hydrogen-bond acceptors (Lipinski definition) is 6. The number of thioether (sulfide) groups is 2. The molecule has 4 rings (SSSR count). The third kappa shape index (κ3) is 4.33. The Hall–Kier alpha value is -2.32. The van der Waals surface area contributed by atoms with Crippen LogP contribution < -0.4 is 4.90 Å². The number of tetrazole rings is 1. The van der Waals surface area contributed by atoms with Crippen LogP contribution >= 0.6 is 23.5 Å². The number of fused-ring (bicyclic) bond motifs is 1. The highest BCUT2D eigenvalue weighted by Crippen LogP contribution is 2.37. The molecule has 0 unspecified atom stereocenters. The van der Waals surface area contributed by atoms with E-state index in [1.807, 2.05) is 53.9 Å². The molecule has 150 valence electrons. The van der Waals surface area contributed by atoms with Crippen molar-refractivity contribution in [2.24, 2.45) is 0 Å². The Kier molecular flexibility index (Phi) is 5.91. The van der Waals surface area contributed by atoms with E-state index in [0.29, 0.717) is 16.2 Å². The van der Waals surface area contributed by atoms with Gasteiger partial charge in [-0.05, 0) is 54.5 Å². The molecule has 1 aliphatic rings. The zero-order valence-corrected chi connectivity index (χ0v) is 18.3. The van der Waals surface area contributed by atoms with Gasteiger partial charge in [0, 0.05) is 16.7 Å². The molecule has 0 aliphatic carbocycles. The van der Waals surface area contributed by atoms with Crippen LogP contribution in [0, 0.1) is 13.8 Å². The first kappa shape index (κ1) is 20.0. The number of rotatable bonds is 4. The molecule has 2 heterocycles. The number of carbonyl (C=O) groups is 1. The van der Waals surface area contributed by atoms with Crippen molar-refractivity contribution in [2.45, 2.75) is 42.5 Å². The van der Waals surface area contributed by atoms with Crippen molar-refractivity contribution in [2.75, 3.05) is 17.2 Å². The maximum Gasteiger partial charge on any atom is 0.237 e. The van der Waals surface area contributed by atoms with Gasteiger partial charge in [0.05, 0.1) is 17.1 Å². The number of aryl methyl sites for hydroxylation is 2. The number of nitrogens with zero attached hydrogens (tertiary/aromatic N) is 5. The van der Waals surface area contributed by atoms with E-state index in [0.717, 1.165) is 34.8 Å². The van der Waals surface area contributed by atoms with Gasteiger partial charge in [0.15, 0.2) is 0 Å². The van der Waals surface area contributed by atoms with Crippen LogP contribution in [0.25, 0.3) is 5.69 Å². The largest absolute Gasteiger partial charge is 0.311 e. The molecule has 1 atom stereocenters. The Labute approximate surface area is 179 Å². The summed E-state index contributed by atoms with van der Waals surface area (Å²) in [6, 6.07) is 14.3. The predicted octanol–water partition coefficient (Wildman–Crippen LogP) is 4.29. The minimum Gasteiger partial charge on any atom is -0.311 e. The number of aromatic nitrogens is 4. The van der Waals surface area contributed by atoms with E-state index in [-0.39, 0.29) is 5.91 Å². The van der Waals surface area contributed by atoms with E-state index in [2.05, 4.69) is 41.5 Å². The fourth-order valence-corrected chi connectivity index (χ4v) is 5.29. The maximum atomic E-state index is 13.1. The number of para-hydroxylation sites is 1. The summed E-state index contributed by atoms with van der Waals surface area (Å²) in [5, 5.41) is 13.2. The van der Waals surface area contributed by atoms with Gasteiger partial charge in [-0.1, -0.05) is 48.5 Å². The average molecular weight is 426 g/mol. The Morgan fingerprint density at radius 1 is 1.21 bits per heavy atom. The van der Waals surface area contributed by atoms with E-state index in [1.54, 1.807) is 4.68 Å². The van der Waals surface area contributed by atoms with Crippen molar-refractivity contribution in [3.8, 4) is 5.69 Å². The molecule has 1 amide bonds. The molecule has 3 aromatic rings. The summed E-state index contributed by atoms with van der Waals surface area (Å²) in [4.78, 5) is 16.2. The average Bonchev–Trinajstić information content (AvgIpc) is 3.08. The first-order valence-corrected chi connectivity index (χ1v) is 11.4. The van der Waals surface area contributed by atoms with Gasteiger partial charge in [-0.25, -0.2) is 0 Å². The van der Waals surface area contributed by atoms with Crippen LogP contribution in [0.2, 0.25) is 0 Å². The number of carbonyl (C=O) groups excluding carboxylic acids is 1. The maximum absolute atomic E-state index is 13.1. The molecule has 0 spiro atoms. The van der Waals surface area contributed by atoms with E-state index in [4.69, 9.17) is 0 Å². The summed E-state index contributed by atoms with van der Waals surface area (Å²) >= 11 is 3.21. The molecule has 0 fully saturated rings. The van der Waals surface area contributed by atoms with Gasteiger partial charge in [0.1, 0.15) is 0 Å². The Bertz CT molecular complexity index is 1040. The molecule has 6 nitrogen and oxygen atoms in total. The van der Waals surface area contributed by atoms with Gasteiger partial charge < -0.3 is 4.90 Å². The van der Waals surface area contributed by atoms with E-state index in [1.165, 1.54) is 17.3 Å². The number of anilines is 1. The topological polar surface area (TPSA) is 63.9 Å². The molecular formula is C21H23N5OS2. The SMILES string of the molecule is Cc1ccc(-n2nnnc2SCC(=O)N2CC[C@H](C)Sc3ccccc32)c(C)c1. The fourth-order valence-electron chi connectivity index (χ4n) is 3.41. The molecule has 29 heavy (non-hydrogen) atoms. The fraction of sp³-hybridized carbons (Fsp3) is 0.333. The quantitative estimate of drug-likeness (QED) is 0.581. The third-order valence-electron chi connectivity index (χ3n) is 4.89. The van der Waals surface area contributed by atoms with E-state index in [9.17, 15) is 4.79 Å². The summed E-state index contributed by atoms with van der Waals surface area (Å²) in [5.41, 5.74) is 4.22. The van der Waals surface area contributed by atoms with Crippen LogP contribution in [0.3, 0.4) is 0 Å². The number of hydrogen-bond donors (Lipinski definition) is 0. The monoisotopic (exact) mass is 425 g/mol. The Morgan fingerprint density at radius 2 is 2.03 bits per heavy atom. The summed E-state index contributed by atoms with van der Waals surface area (Å²) in [7, 11) is 0. The van der Waals surface area contributed by atoms with Crippen LogP contribution in [0.4, 0.5) is 5.69 Å². The van der Waals surface area contributed by atoms with Crippen LogP contribution in [0.5, 0.6) is 0 Å². The van der Waals surface area contributed by atoms with Gasteiger partial charge >= 0.3 is 0 Å². The molecule has 0 saturated carbocycles. The van der Waals surface area contributed by atoms with Gasteiger partial charge in [-0.15, -0.1) is 16.9 Å². The summed E-state index contributed by atoms with van der Waals surface area (Å²) < 4.78 is 1.71. The molecule has 0 N–H and O–H groups in total. The van der Waals surface area contributed by atoms with Gasteiger partial charge in [-0.2, -0.15) is 4.68 Å².